The topological polar surface area (TPSA) is 78.0 Å². The van der Waals surface area contributed by atoms with Crippen molar-refractivity contribution < 1.29 is 4.79 Å². The number of rotatable bonds is 5. The van der Waals surface area contributed by atoms with E-state index in [1.807, 2.05) is 49.5 Å². The highest BCUT2D eigenvalue weighted by molar-refractivity contribution is 7.09. The van der Waals surface area contributed by atoms with Crippen molar-refractivity contribution in [2.24, 2.45) is 0 Å². The van der Waals surface area contributed by atoms with Crippen molar-refractivity contribution in [1.82, 2.24) is 25.1 Å². The first-order valence-electron chi connectivity index (χ1n) is 7.80. The van der Waals surface area contributed by atoms with Crippen molar-refractivity contribution in [2.75, 3.05) is 26.0 Å². The number of benzene rings is 1. The fourth-order valence-corrected chi connectivity index (χ4v) is 3.18. The van der Waals surface area contributed by atoms with E-state index >= 15 is 0 Å². The Kier molecular flexibility index (Phi) is 4.80. The van der Waals surface area contributed by atoms with Gasteiger partial charge in [-0.25, -0.2) is 4.98 Å². The van der Waals surface area contributed by atoms with Crippen LogP contribution in [0.2, 0.25) is 0 Å². The first kappa shape index (κ1) is 17.1. The van der Waals surface area contributed by atoms with E-state index in [0.717, 1.165) is 16.3 Å². The van der Waals surface area contributed by atoms with Gasteiger partial charge in [0.1, 0.15) is 5.01 Å². The van der Waals surface area contributed by atoms with Crippen LogP contribution >= 0.6 is 11.3 Å². The molecule has 3 aromatic rings. The normalized spacial score (nSPS) is 10.7. The lowest BCUT2D eigenvalue weighted by molar-refractivity contribution is 0.0785. The standard InChI is InChI=1S/C17H20N6OS/c1-11-10-25-14(18-11)9-23(4)16(24)13-7-5-6-12(8-13)15-19-17(21-20-15)22(2)3/h5-8,10H,9H2,1-4H3,(H,19,20,21). The fourth-order valence-electron chi connectivity index (χ4n) is 2.35. The number of aromatic nitrogens is 4. The summed E-state index contributed by atoms with van der Waals surface area (Å²) in [6.07, 6.45) is 0. The van der Waals surface area contributed by atoms with E-state index in [-0.39, 0.29) is 5.91 Å². The highest BCUT2D eigenvalue weighted by atomic mass is 32.1. The molecular formula is C17H20N6OS. The molecule has 0 aliphatic heterocycles. The largest absolute Gasteiger partial charge is 0.346 e. The van der Waals surface area contributed by atoms with Crippen LogP contribution in [0.25, 0.3) is 11.4 Å². The molecule has 25 heavy (non-hydrogen) atoms. The molecule has 8 heteroatoms. The summed E-state index contributed by atoms with van der Waals surface area (Å²) in [5.41, 5.74) is 2.41. The van der Waals surface area contributed by atoms with Gasteiger partial charge in [-0.2, -0.15) is 4.98 Å². The van der Waals surface area contributed by atoms with Crippen LogP contribution in [-0.2, 0) is 6.54 Å². The van der Waals surface area contributed by atoms with Gasteiger partial charge in [-0.15, -0.1) is 16.4 Å². The Morgan fingerprint density at radius 2 is 2.04 bits per heavy atom. The summed E-state index contributed by atoms with van der Waals surface area (Å²) in [5, 5.41) is 9.97. The Morgan fingerprint density at radius 1 is 1.24 bits per heavy atom. The molecule has 0 radical (unpaired) electrons. The van der Waals surface area contributed by atoms with E-state index in [1.54, 1.807) is 29.4 Å². The summed E-state index contributed by atoms with van der Waals surface area (Å²) in [6.45, 7) is 2.44. The zero-order valence-corrected chi connectivity index (χ0v) is 15.5. The van der Waals surface area contributed by atoms with Crippen molar-refractivity contribution in [3.8, 4) is 11.4 Å². The molecule has 0 aliphatic rings. The number of nitrogens with one attached hydrogen (secondary N) is 1. The fraction of sp³-hybridized carbons (Fsp3) is 0.294. The number of aryl methyl sites for hydroxylation is 1. The quantitative estimate of drug-likeness (QED) is 0.760. The number of hydrogen-bond acceptors (Lipinski definition) is 6. The molecule has 0 aliphatic carbocycles. The lowest BCUT2D eigenvalue weighted by Gasteiger charge is -2.16. The number of H-pyrrole nitrogens is 1. The van der Waals surface area contributed by atoms with Crippen LogP contribution in [0.1, 0.15) is 21.1 Å². The second-order valence-corrected chi connectivity index (χ2v) is 6.95. The minimum atomic E-state index is -0.0537. The van der Waals surface area contributed by atoms with Crippen LogP contribution in [0, 0.1) is 6.92 Å². The second-order valence-electron chi connectivity index (χ2n) is 6.00. The third kappa shape index (κ3) is 3.85. The Morgan fingerprint density at radius 3 is 2.68 bits per heavy atom. The average molecular weight is 356 g/mol. The molecule has 3 rings (SSSR count). The molecule has 0 fully saturated rings. The first-order valence-corrected chi connectivity index (χ1v) is 8.68. The summed E-state index contributed by atoms with van der Waals surface area (Å²) in [4.78, 5) is 25.0. The van der Waals surface area contributed by atoms with Gasteiger partial charge in [-0.3, -0.25) is 9.89 Å². The molecule has 1 aromatic carbocycles. The zero-order chi connectivity index (χ0) is 18.0. The number of hydrogen-bond donors (Lipinski definition) is 1. The van der Waals surface area contributed by atoms with Gasteiger partial charge < -0.3 is 9.80 Å². The highest BCUT2D eigenvalue weighted by Gasteiger charge is 2.15. The lowest BCUT2D eigenvalue weighted by Crippen LogP contribution is -2.26. The Bertz CT molecular complexity index is 885. The Labute approximate surface area is 150 Å². The highest BCUT2D eigenvalue weighted by Crippen LogP contribution is 2.20. The van der Waals surface area contributed by atoms with E-state index in [0.29, 0.717) is 23.9 Å². The van der Waals surface area contributed by atoms with Gasteiger partial charge in [0.2, 0.25) is 5.95 Å². The van der Waals surface area contributed by atoms with Gasteiger partial charge >= 0.3 is 0 Å². The SMILES string of the molecule is Cc1csc(CN(C)C(=O)c2cccc(-c3nc(N(C)C)n[nH]3)c2)n1. The Balaban J connectivity index is 1.78. The third-order valence-electron chi connectivity index (χ3n) is 3.64. The molecule has 2 heterocycles. The molecule has 0 spiro atoms. The van der Waals surface area contributed by atoms with Crippen LogP contribution in [0.4, 0.5) is 5.95 Å². The van der Waals surface area contributed by atoms with Crippen LogP contribution in [0.3, 0.4) is 0 Å². The van der Waals surface area contributed by atoms with Crippen molar-refractivity contribution in [1.29, 1.82) is 0 Å². The van der Waals surface area contributed by atoms with E-state index in [2.05, 4.69) is 20.2 Å². The zero-order valence-electron chi connectivity index (χ0n) is 14.6. The summed E-state index contributed by atoms with van der Waals surface area (Å²) < 4.78 is 0. The maximum absolute atomic E-state index is 12.7. The summed E-state index contributed by atoms with van der Waals surface area (Å²) in [5.74, 6) is 1.18. The predicted molar refractivity (Wildman–Crippen MR) is 98.8 cm³/mol. The molecule has 130 valence electrons. The van der Waals surface area contributed by atoms with Gasteiger partial charge in [-0.05, 0) is 19.1 Å². The number of amides is 1. The first-order chi connectivity index (χ1) is 11.9. The molecule has 1 amide bonds. The number of thiazole rings is 1. The number of carbonyl (C=O) groups is 1. The number of carbonyl (C=O) groups excluding carboxylic acids is 1. The minimum Gasteiger partial charge on any atom is -0.346 e. The number of anilines is 1. The third-order valence-corrected chi connectivity index (χ3v) is 4.59. The van der Waals surface area contributed by atoms with Gasteiger partial charge in [-0.1, -0.05) is 12.1 Å². The molecule has 0 atom stereocenters. The monoisotopic (exact) mass is 356 g/mol. The van der Waals surface area contributed by atoms with E-state index in [1.165, 1.54) is 0 Å². The summed E-state index contributed by atoms with van der Waals surface area (Å²) in [7, 11) is 5.54. The van der Waals surface area contributed by atoms with Crippen LogP contribution in [-0.4, -0.2) is 52.1 Å². The van der Waals surface area contributed by atoms with Gasteiger partial charge in [0.05, 0.1) is 6.54 Å². The van der Waals surface area contributed by atoms with Crippen molar-refractivity contribution in [2.45, 2.75) is 13.5 Å². The maximum atomic E-state index is 12.7. The molecule has 0 unspecified atom stereocenters. The molecule has 0 bridgehead atoms. The Hall–Kier alpha value is -2.74. The van der Waals surface area contributed by atoms with Crippen LogP contribution in [0.15, 0.2) is 29.6 Å². The number of aromatic amines is 1. The van der Waals surface area contributed by atoms with E-state index in [9.17, 15) is 4.79 Å². The van der Waals surface area contributed by atoms with Crippen molar-refractivity contribution in [3.63, 3.8) is 0 Å². The summed E-state index contributed by atoms with van der Waals surface area (Å²) in [6, 6.07) is 7.38. The van der Waals surface area contributed by atoms with Gasteiger partial charge in [0, 0.05) is 43.3 Å². The van der Waals surface area contributed by atoms with Gasteiger partial charge in [0.25, 0.3) is 5.91 Å². The molecule has 7 nitrogen and oxygen atoms in total. The van der Waals surface area contributed by atoms with Gasteiger partial charge in [0.15, 0.2) is 5.82 Å². The number of nitrogens with zero attached hydrogens (tertiary/aromatic N) is 5. The van der Waals surface area contributed by atoms with E-state index in [4.69, 9.17) is 0 Å². The van der Waals surface area contributed by atoms with E-state index < -0.39 is 0 Å². The molecule has 1 N–H and O–H groups in total. The molecule has 0 saturated carbocycles. The molecule has 2 aromatic heterocycles. The maximum Gasteiger partial charge on any atom is 0.253 e. The predicted octanol–water partition coefficient (Wildman–Crippen LogP) is 2.57. The minimum absolute atomic E-state index is 0.0537. The second kappa shape index (κ2) is 7.02. The smallest absolute Gasteiger partial charge is 0.253 e. The van der Waals surface area contributed by atoms with Crippen LogP contribution < -0.4 is 4.90 Å². The lowest BCUT2D eigenvalue weighted by atomic mass is 10.1. The summed E-state index contributed by atoms with van der Waals surface area (Å²) >= 11 is 1.56. The average Bonchev–Trinajstić information content (AvgIpc) is 3.23. The molecule has 0 saturated heterocycles. The van der Waals surface area contributed by atoms with Crippen molar-refractivity contribution >= 4 is 23.2 Å². The molecular weight excluding hydrogens is 336 g/mol. The van der Waals surface area contributed by atoms with Crippen molar-refractivity contribution in [3.05, 3.63) is 45.9 Å². The van der Waals surface area contributed by atoms with Crippen LogP contribution in [0.5, 0.6) is 0 Å².